The zero-order valence-corrected chi connectivity index (χ0v) is 13.7. The van der Waals surface area contributed by atoms with Crippen LogP contribution in [0.4, 0.5) is 5.69 Å². The Morgan fingerprint density at radius 1 is 1.12 bits per heavy atom. The second-order valence-corrected chi connectivity index (χ2v) is 5.38. The third-order valence-electron chi connectivity index (χ3n) is 3.55. The van der Waals surface area contributed by atoms with Crippen LogP contribution >= 0.6 is 0 Å². The number of carbonyl (C=O) groups excluding carboxylic acids is 2. The molecule has 2 amide bonds. The molecule has 25 heavy (non-hydrogen) atoms. The Balaban J connectivity index is 1.64. The zero-order valence-electron chi connectivity index (χ0n) is 13.7. The Labute approximate surface area is 145 Å². The number of fused-ring (bicyclic) bond motifs is 1. The molecule has 0 aliphatic carbocycles. The molecular weight excluding hydrogens is 320 g/mol. The lowest BCUT2D eigenvalue weighted by atomic mass is 10.1. The van der Waals surface area contributed by atoms with Crippen molar-refractivity contribution in [1.82, 2.24) is 5.32 Å². The molecule has 0 bridgehead atoms. The van der Waals surface area contributed by atoms with E-state index in [1.165, 1.54) is 6.08 Å². The minimum absolute atomic E-state index is 0.172. The topological polar surface area (TPSA) is 76.7 Å². The second kappa shape index (κ2) is 7.53. The van der Waals surface area contributed by atoms with Crippen LogP contribution in [0.2, 0.25) is 0 Å². The van der Waals surface area contributed by atoms with Crippen LogP contribution in [0.25, 0.3) is 6.08 Å². The van der Waals surface area contributed by atoms with E-state index in [9.17, 15) is 9.59 Å². The van der Waals surface area contributed by atoms with Crippen LogP contribution in [0.15, 0.2) is 48.5 Å². The van der Waals surface area contributed by atoms with E-state index >= 15 is 0 Å². The number of ether oxygens (including phenoxy) is 2. The Kier molecular flexibility index (Phi) is 4.99. The lowest BCUT2D eigenvalue weighted by Gasteiger charge is -2.06. The van der Waals surface area contributed by atoms with Crippen LogP contribution in [-0.2, 0) is 4.79 Å². The molecule has 0 fully saturated rings. The van der Waals surface area contributed by atoms with Gasteiger partial charge in [-0.2, -0.15) is 0 Å². The first-order valence-corrected chi connectivity index (χ1v) is 7.92. The number of nitrogens with one attached hydrogen (secondary N) is 2. The van der Waals surface area contributed by atoms with E-state index in [-0.39, 0.29) is 18.6 Å². The summed E-state index contributed by atoms with van der Waals surface area (Å²) in [5, 5.41) is 5.46. The summed E-state index contributed by atoms with van der Waals surface area (Å²) in [6.45, 7) is 2.61. The largest absolute Gasteiger partial charge is 0.454 e. The van der Waals surface area contributed by atoms with Gasteiger partial charge in [0.1, 0.15) is 0 Å². The van der Waals surface area contributed by atoms with Crippen molar-refractivity contribution < 1.29 is 19.1 Å². The molecule has 0 spiro atoms. The summed E-state index contributed by atoms with van der Waals surface area (Å²) in [7, 11) is 0. The second-order valence-electron chi connectivity index (χ2n) is 5.38. The molecule has 0 aromatic heterocycles. The van der Waals surface area contributed by atoms with Crippen molar-refractivity contribution in [2.24, 2.45) is 0 Å². The minimum Gasteiger partial charge on any atom is -0.454 e. The van der Waals surface area contributed by atoms with Gasteiger partial charge in [-0.05, 0) is 48.9 Å². The van der Waals surface area contributed by atoms with Crippen molar-refractivity contribution in [1.29, 1.82) is 0 Å². The average Bonchev–Trinajstić information content (AvgIpc) is 3.08. The van der Waals surface area contributed by atoms with Gasteiger partial charge in [-0.25, -0.2) is 0 Å². The van der Waals surface area contributed by atoms with Gasteiger partial charge in [0.2, 0.25) is 12.7 Å². The van der Waals surface area contributed by atoms with Crippen LogP contribution in [0.1, 0.15) is 22.8 Å². The number of amides is 2. The fraction of sp³-hybridized carbons (Fsp3) is 0.158. The monoisotopic (exact) mass is 338 g/mol. The average molecular weight is 338 g/mol. The first kappa shape index (κ1) is 16.6. The van der Waals surface area contributed by atoms with Gasteiger partial charge in [-0.1, -0.05) is 12.1 Å². The van der Waals surface area contributed by atoms with E-state index in [1.54, 1.807) is 36.4 Å². The molecule has 1 heterocycles. The minimum atomic E-state index is -0.286. The Bertz CT molecular complexity index is 830. The molecule has 3 rings (SSSR count). The van der Waals surface area contributed by atoms with Crippen LogP contribution in [0.5, 0.6) is 11.5 Å². The van der Waals surface area contributed by atoms with Gasteiger partial charge >= 0.3 is 0 Å². The zero-order chi connectivity index (χ0) is 17.6. The van der Waals surface area contributed by atoms with Gasteiger partial charge in [0.05, 0.1) is 0 Å². The van der Waals surface area contributed by atoms with Crippen molar-refractivity contribution in [3.05, 3.63) is 59.7 Å². The van der Waals surface area contributed by atoms with Crippen molar-refractivity contribution in [3.8, 4) is 11.5 Å². The lowest BCUT2D eigenvalue weighted by Crippen LogP contribution is -2.22. The van der Waals surface area contributed by atoms with E-state index in [0.29, 0.717) is 29.3 Å². The molecular formula is C19H18N2O4. The highest BCUT2D eigenvalue weighted by molar-refractivity contribution is 6.03. The molecule has 0 unspecified atom stereocenters. The highest BCUT2D eigenvalue weighted by Gasteiger charge is 2.12. The van der Waals surface area contributed by atoms with Crippen molar-refractivity contribution in [3.63, 3.8) is 0 Å². The SMILES string of the molecule is CCNC(=O)c1cccc(NC(=O)/C=C/c2ccc3c(c2)OCO3)c1. The fourth-order valence-electron chi connectivity index (χ4n) is 2.37. The molecule has 0 saturated heterocycles. The third kappa shape index (κ3) is 4.17. The predicted octanol–water partition coefficient (Wildman–Crippen LogP) is 2.82. The maximum atomic E-state index is 12.1. The first-order chi connectivity index (χ1) is 12.2. The Morgan fingerprint density at radius 3 is 2.80 bits per heavy atom. The Morgan fingerprint density at radius 2 is 1.96 bits per heavy atom. The van der Waals surface area contributed by atoms with Crippen LogP contribution in [-0.4, -0.2) is 25.2 Å². The Hall–Kier alpha value is -3.28. The van der Waals surface area contributed by atoms with Crippen LogP contribution < -0.4 is 20.1 Å². The van der Waals surface area contributed by atoms with Crippen LogP contribution in [0, 0.1) is 0 Å². The number of hydrogen-bond acceptors (Lipinski definition) is 4. The van der Waals surface area contributed by atoms with Gasteiger partial charge < -0.3 is 20.1 Å². The fourth-order valence-corrected chi connectivity index (χ4v) is 2.37. The lowest BCUT2D eigenvalue weighted by molar-refractivity contribution is -0.111. The summed E-state index contributed by atoms with van der Waals surface area (Å²) in [4.78, 5) is 23.9. The van der Waals surface area contributed by atoms with Gasteiger partial charge in [0.25, 0.3) is 5.91 Å². The molecule has 1 aliphatic rings. The first-order valence-electron chi connectivity index (χ1n) is 7.92. The highest BCUT2D eigenvalue weighted by atomic mass is 16.7. The van der Waals surface area contributed by atoms with Gasteiger partial charge in [0, 0.05) is 23.9 Å². The standard InChI is InChI=1S/C19H18N2O4/c1-2-20-19(23)14-4-3-5-15(11-14)21-18(22)9-7-13-6-8-16-17(10-13)25-12-24-16/h3-11H,2,12H2,1H3,(H,20,23)(H,21,22)/b9-7+. The number of hydrogen-bond donors (Lipinski definition) is 2. The molecule has 0 saturated carbocycles. The summed E-state index contributed by atoms with van der Waals surface area (Å²) in [6.07, 6.45) is 3.11. The molecule has 0 atom stereocenters. The molecule has 1 aliphatic heterocycles. The molecule has 6 nitrogen and oxygen atoms in total. The molecule has 2 aromatic carbocycles. The smallest absolute Gasteiger partial charge is 0.251 e. The van der Waals surface area contributed by atoms with Gasteiger partial charge in [-0.3, -0.25) is 9.59 Å². The summed E-state index contributed by atoms with van der Waals surface area (Å²) < 4.78 is 10.6. The van der Waals surface area contributed by atoms with Gasteiger partial charge in [0.15, 0.2) is 11.5 Å². The van der Waals surface area contributed by atoms with Crippen molar-refractivity contribution in [2.75, 3.05) is 18.7 Å². The van der Waals surface area contributed by atoms with Crippen LogP contribution in [0.3, 0.4) is 0 Å². The van der Waals surface area contributed by atoms with E-state index < -0.39 is 0 Å². The summed E-state index contributed by atoms with van der Waals surface area (Å²) >= 11 is 0. The van der Waals surface area contributed by atoms with E-state index in [2.05, 4.69) is 10.6 Å². The normalized spacial score (nSPS) is 12.2. The maximum absolute atomic E-state index is 12.1. The molecule has 2 N–H and O–H groups in total. The number of rotatable bonds is 5. The van der Waals surface area contributed by atoms with Gasteiger partial charge in [-0.15, -0.1) is 0 Å². The molecule has 128 valence electrons. The molecule has 2 aromatic rings. The quantitative estimate of drug-likeness (QED) is 0.822. The summed E-state index contributed by atoms with van der Waals surface area (Å²) in [5.74, 6) is 0.904. The van der Waals surface area contributed by atoms with Crippen molar-refractivity contribution in [2.45, 2.75) is 6.92 Å². The molecule has 0 radical (unpaired) electrons. The van der Waals surface area contributed by atoms with E-state index in [0.717, 1.165) is 5.56 Å². The molecule has 6 heteroatoms. The number of carbonyl (C=O) groups is 2. The van der Waals surface area contributed by atoms with E-state index in [4.69, 9.17) is 9.47 Å². The van der Waals surface area contributed by atoms with E-state index in [1.807, 2.05) is 19.1 Å². The highest BCUT2D eigenvalue weighted by Crippen LogP contribution is 2.32. The summed E-state index contributed by atoms with van der Waals surface area (Å²) in [5.41, 5.74) is 1.89. The predicted molar refractivity (Wildman–Crippen MR) is 94.7 cm³/mol. The third-order valence-corrected chi connectivity index (χ3v) is 3.55. The van der Waals surface area contributed by atoms with Crippen molar-refractivity contribution >= 4 is 23.6 Å². The maximum Gasteiger partial charge on any atom is 0.251 e. The summed E-state index contributed by atoms with van der Waals surface area (Å²) in [6, 6.07) is 12.2. The number of anilines is 1. The number of benzene rings is 2.